The summed E-state index contributed by atoms with van der Waals surface area (Å²) in [6, 6.07) is 6.25. The van der Waals surface area contributed by atoms with Crippen LogP contribution in [-0.4, -0.2) is 12.4 Å². The van der Waals surface area contributed by atoms with Crippen LogP contribution < -0.4 is 4.74 Å². The van der Waals surface area contributed by atoms with Crippen LogP contribution in [0, 0.1) is 5.41 Å². The van der Waals surface area contributed by atoms with Crippen molar-refractivity contribution in [3.05, 3.63) is 28.2 Å². The molecule has 1 aromatic rings. The molecule has 1 saturated carbocycles. The van der Waals surface area contributed by atoms with Crippen molar-refractivity contribution in [1.82, 2.24) is 0 Å². The van der Waals surface area contributed by atoms with Crippen LogP contribution in [0.4, 0.5) is 0 Å². The third kappa shape index (κ3) is 3.05. The lowest BCUT2D eigenvalue weighted by Gasteiger charge is -2.27. The van der Waals surface area contributed by atoms with Gasteiger partial charge in [-0.1, -0.05) is 44.7 Å². The first-order valence-corrected chi connectivity index (χ1v) is 7.99. The van der Waals surface area contributed by atoms with Gasteiger partial charge in [0.25, 0.3) is 0 Å². The van der Waals surface area contributed by atoms with E-state index in [0.29, 0.717) is 5.41 Å². The summed E-state index contributed by atoms with van der Waals surface area (Å²) in [5.74, 6) is 0.950. The summed E-state index contributed by atoms with van der Waals surface area (Å²) in [5, 5.41) is 1.10. The van der Waals surface area contributed by atoms with Crippen molar-refractivity contribution in [2.45, 2.75) is 32.1 Å². The molecule has 0 heterocycles. The molecule has 94 valence electrons. The standard InChI is InChI=1S/C14H18Br2O/c1-17-12-4-5-13(16)11(8-12)9-14(10-15)6-2-3-7-14/h4-5,8H,2-3,6-7,9-10H2,1H3. The molecule has 1 aromatic carbocycles. The van der Waals surface area contributed by atoms with Gasteiger partial charge in [0.2, 0.25) is 0 Å². The molecule has 0 radical (unpaired) electrons. The number of rotatable bonds is 4. The normalized spacial score (nSPS) is 18.3. The van der Waals surface area contributed by atoms with Gasteiger partial charge >= 0.3 is 0 Å². The molecule has 0 amide bonds. The fourth-order valence-corrected chi connectivity index (χ4v) is 3.85. The first kappa shape index (κ1) is 13.4. The van der Waals surface area contributed by atoms with Gasteiger partial charge in [-0.3, -0.25) is 0 Å². The van der Waals surface area contributed by atoms with E-state index >= 15 is 0 Å². The van der Waals surface area contributed by atoms with E-state index < -0.39 is 0 Å². The highest BCUT2D eigenvalue weighted by Gasteiger charge is 2.33. The summed E-state index contributed by atoms with van der Waals surface area (Å²) < 4.78 is 6.51. The number of halogens is 2. The lowest BCUT2D eigenvalue weighted by molar-refractivity contribution is 0.345. The molecule has 1 aliphatic carbocycles. The maximum atomic E-state index is 5.31. The summed E-state index contributed by atoms with van der Waals surface area (Å²) in [6.07, 6.45) is 6.54. The van der Waals surface area contributed by atoms with Crippen LogP contribution in [0.3, 0.4) is 0 Å². The second-order valence-electron chi connectivity index (χ2n) is 4.97. The first-order chi connectivity index (χ1) is 8.19. The van der Waals surface area contributed by atoms with Crippen molar-refractivity contribution in [2.24, 2.45) is 5.41 Å². The summed E-state index contributed by atoms with van der Waals surface area (Å²) in [6.45, 7) is 0. The molecular weight excluding hydrogens is 344 g/mol. The Kier molecular flexibility index (Phi) is 4.53. The van der Waals surface area contributed by atoms with E-state index in [1.165, 1.54) is 35.7 Å². The molecule has 0 atom stereocenters. The van der Waals surface area contributed by atoms with E-state index in [1.807, 2.05) is 6.07 Å². The van der Waals surface area contributed by atoms with Gasteiger partial charge in [0.15, 0.2) is 0 Å². The van der Waals surface area contributed by atoms with Gasteiger partial charge in [0.05, 0.1) is 7.11 Å². The molecule has 0 aliphatic heterocycles. The quantitative estimate of drug-likeness (QED) is 0.689. The molecule has 1 nitrogen and oxygen atoms in total. The molecule has 0 aromatic heterocycles. The Balaban J connectivity index is 2.22. The highest BCUT2D eigenvalue weighted by Crippen LogP contribution is 2.43. The number of hydrogen-bond donors (Lipinski definition) is 0. The second-order valence-corrected chi connectivity index (χ2v) is 6.39. The van der Waals surface area contributed by atoms with Crippen molar-refractivity contribution in [2.75, 3.05) is 12.4 Å². The van der Waals surface area contributed by atoms with Crippen molar-refractivity contribution < 1.29 is 4.74 Å². The number of alkyl halides is 1. The molecule has 2 rings (SSSR count). The Morgan fingerprint density at radius 3 is 2.59 bits per heavy atom. The number of benzene rings is 1. The molecule has 0 unspecified atom stereocenters. The molecule has 0 bridgehead atoms. The summed E-state index contributed by atoms with van der Waals surface area (Å²) in [7, 11) is 1.73. The molecule has 0 saturated heterocycles. The zero-order valence-electron chi connectivity index (χ0n) is 10.1. The van der Waals surface area contributed by atoms with Crippen LogP contribution in [0.5, 0.6) is 5.75 Å². The Morgan fingerprint density at radius 2 is 2.00 bits per heavy atom. The van der Waals surface area contributed by atoms with Gasteiger partial charge in [-0.05, 0) is 48.4 Å². The second kappa shape index (κ2) is 5.75. The van der Waals surface area contributed by atoms with E-state index in [1.54, 1.807) is 7.11 Å². The lowest BCUT2D eigenvalue weighted by Crippen LogP contribution is -2.21. The highest BCUT2D eigenvalue weighted by molar-refractivity contribution is 9.10. The largest absolute Gasteiger partial charge is 0.497 e. The third-order valence-electron chi connectivity index (χ3n) is 3.77. The first-order valence-electron chi connectivity index (χ1n) is 6.07. The van der Waals surface area contributed by atoms with Crippen molar-refractivity contribution in [3.63, 3.8) is 0 Å². The Morgan fingerprint density at radius 1 is 1.29 bits per heavy atom. The third-order valence-corrected chi connectivity index (χ3v) is 5.73. The van der Waals surface area contributed by atoms with E-state index in [0.717, 1.165) is 17.5 Å². The minimum absolute atomic E-state index is 0.453. The predicted molar refractivity (Wildman–Crippen MR) is 79.1 cm³/mol. The van der Waals surface area contributed by atoms with Crippen LogP contribution in [0.25, 0.3) is 0 Å². The Bertz CT molecular complexity index is 384. The van der Waals surface area contributed by atoms with Gasteiger partial charge in [0, 0.05) is 9.80 Å². The van der Waals surface area contributed by atoms with Gasteiger partial charge in [-0.25, -0.2) is 0 Å². The smallest absolute Gasteiger partial charge is 0.119 e. The fourth-order valence-electron chi connectivity index (χ4n) is 2.70. The van der Waals surface area contributed by atoms with E-state index in [9.17, 15) is 0 Å². The molecule has 17 heavy (non-hydrogen) atoms. The molecule has 1 fully saturated rings. The number of methoxy groups -OCH3 is 1. The van der Waals surface area contributed by atoms with E-state index in [-0.39, 0.29) is 0 Å². The monoisotopic (exact) mass is 360 g/mol. The topological polar surface area (TPSA) is 9.23 Å². The van der Waals surface area contributed by atoms with Gasteiger partial charge in [-0.15, -0.1) is 0 Å². The Labute approximate surface area is 120 Å². The van der Waals surface area contributed by atoms with E-state index in [4.69, 9.17) is 4.74 Å². The number of ether oxygens (including phenoxy) is 1. The molecule has 0 spiro atoms. The van der Waals surface area contributed by atoms with Crippen LogP contribution in [0.2, 0.25) is 0 Å². The average molecular weight is 362 g/mol. The maximum absolute atomic E-state index is 5.31. The molecular formula is C14H18Br2O. The van der Waals surface area contributed by atoms with Gasteiger partial charge in [-0.2, -0.15) is 0 Å². The highest BCUT2D eigenvalue weighted by atomic mass is 79.9. The summed E-state index contributed by atoms with van der Waals surface area (Å²) in [4.78, 5) is 0. The molecule has 0 N–H and O–H groups in total. The van der Waals surface area contributed by atoms with Crippen molar-refractivity contribution in [1.29, 1.82) is 0 Å². The van der Waals surface area contributed by atoms with Gasteiger partial charge in [0.1, 0.15) is 5.75 Å². The van der Waals surface area contributed by atoms with E-state index in [2.05, 4.69) is 44.0 Å². The SMILES string of the molecule is COc1ccc(Br)c(CC2(CBr)CCCC2)c1. The fraction of sp³-hybridized carbons (Fsp3) is 0.571. The van der Waals surface area contributed by atoms with Crippen LogP contribution >= 0.6 is 31.9 Å². The van der Waals surface area contributed by atoms with Gasteiger partial charge < -0.3 is 4.74 Å². The maximum Gasteiger partial charge on any atom is 0.119 e. The van der Waals surface area contributed by atoms with Crippen molar-refractivity contribution in [3.8, 4) is 5.75 Å². The zero-order chi connectivity index (χ0) is 12.3. The predicted octanol–water partition coefficient (Wildman–Crippen LogP) is 4.96. The Hall–Kier alpha value is -0.0200. The average Bonchev–Trinajstić information content (AvgIpc) is 2.81. The van der Waals surface area contributed by atoms with Crippen LogP contribution in [0.1, 0.15) is 31.2 Å². The zero-order valence-corrected chi connectivity index (χ0v) is 13.3. The summed E-state index contributed by atoms with van der Waals surface area (Å²) >= 11 is 7.35. The lowest BCUT2D eigenvalue weighted by atomic mass is 9.82. The molecule has 3 heteroatoms. The minimum atomic E-state index is 0.453. The minimum Gasteiger partial charge on any atom is -0.497 e. The number of hydrogen-bond acceptors (Lipinski definition) is 1. The van der Waals surface area contributed by atoms with Crippen molar-refractivity contribution >= 4 is 31.9 Å². The molecule has 1 aliphatic rings. The van der Waals surface area contributed by atoms with Crippen LogP contribution in [0.15, 0.2) is 22.7 Å². The summed E-state index contributed by atoms with van der Waals surface area (Å²) in [5.41, 5.74) is 1.82. The van der Waals surface area contributed by atoms with Crippen LogP contribution in [-0.2, 0) is 6.42 Å².